The molecule has 8 rings (SSSR count). The van der Waals surface area contributed by atoms with Gasteiger partial charge in [0.05, 0.1) is 91.6 Å². The standard InChI is InChI=1S/C90H166O15/c1-35-43(9)70-54(20)56(22)81(68(34)91-70)103-90-83(57(23)55(21)72(98-90)45(11)37-3)105-85-59(25)51(17)53(19)82(104-85)69(42-8)92-86-64(30)77(60(26)73(94-86)46(12)38-4)100-88-66(32)79(62(28)75(96-88)48(14)40-6)102-89-67(33)80(63(29)76(97-89)49(15)41-7)101-87-65(31)78(61(27)74(95-87)47(13)39-5)99-84-58(24)50(16)52(18)71(93-84)44(10)36-2/h43-90H,35-42H2,1-34H3/t43-,44-,45-,46-,47-,48-,49-,50+,51+,52+,53+,54+,55+,56+,57+,58?,59?,60-,61-,62-,63-,64?,65?,66?,67?,68-,69-,70?,71?,72?,73?,74+,75+,76?,77+,78?,79?,80+,81?,82?,83?,84-,85-,86+,87-,88-,89-,90-/m1/s1. The molecule has 0 N–H and O–H groups in total. The molecule has 0 radical (unpaired) electrons. The molecule has 0 aromatic heterocycles. The van der Waals surface area contributed by atoms with Crippen LogP contribution in [0.2, 0.25) is 0 Å². The maximum atomic E-state index is 7.75. The second-order valence-corrected chi connectivity index (χ2v) is 37.9. The summed E-state index contributed by atoms with van der Waals surface area (Å²) in [5, 5.41) is 0. The largest absolute Gasteiger partial charge is 0.372 e. The van der Waals surface area contributed by atoms with Crippen LogP contribution in [0.15, 0.2) is 0 Å². The first-order valence-corrected chi connectivity index (χ1v) is 44.3. The second kappa shape index (κ2) is 39.2. The molecule has 0 aromatic carbocycles. The number of rotatable bonds is 30. The lowest BCUT2D eigenvalue weighted by atomic mass is 9.75. The van der Waals surface area contributed by atoms with Crippen LogP contribution in [0.4, 0.5) is 0 Å². The lowest BCUT2D eigenvalue weighted by Crippen LogP contribution is -2.61. The highest BCUT2D eigenvalue weighted by molar-refractivity contribution is 5.00. The van der Waals surface area contributed by atoms with Gasteiger partial charge in [0.1, 0.15) is 6.10 Å². The Kier molecular flexibility index (Phi) is 33.5. The molecule has 16 unspecified atom stereocenters. The topological polar surface area (TPSA) is 138 Å². The fraction of sp³-hybridized carbons (Fsp3) is 1.00. The van der Waals surface area contributed by atoms with E-state index in [9.17, 15) is 0 Å². The van der Waals surface area contributed by atoms with Crippen molar-refractivity contribution in [3.63, 3.8) is 0 Å². The van der Waals surface area contributed by atoms with Gasteiger partial charge in [-0.3, -0.25) is 0 Å². The summed E-state index contributed by atoms with van der Waals surface area (Å²) in [4.78, 5) is 0. The Morgan fingerprint density at radius 3 is 0.724 bits per heavy atom. The summed E-state index contributed by atoms with van der Waals surface area (Å²) in [6.45, 7) is 78.5. The summed E-state index contributed by atoms with van der Waals surface area (Å²) in [7, 11) is 0. The van der Waals surface area contributed by atoms with Crippen molar-refractivity contribution in [1.82, 2.24) is 0 Å². The van der Waals surface area contributed by atoms with E-state index in [-0.39, 0.29) is 210 Å². The molecule has 8 fully saturated rings. The molecule has 0 aliphatic carbocycles. The Morgan fingerprint density at radius 2 is 0.410 bits per heavy atom. The Morgan fingerprint density at radius 1 is 0.190 bits per heavy atom. The highest BCUT2D eigenvalue weighted by atomic mass is 16.8. The van der Waals surface area contributed by atoms with Gasteiger partial charge in [0.2, 0.25) is 0 Å². The van der Waals surface area contributed by atoms with Gasteiger partial charge in [0.15, 0.2) is 44.0 Å². The Labute approximate surface area is 644 Å². The van der Waals surface area contributed by atoms with Gasteiger partial charge in [-0.2, -0.15) is 0 Å². The van der Waals surface area contributed by atoms with Crippen molar-refractivity contribution in [2.75, 3.05) is 0 Å². The van der Waals surface area contributed by atoms with Crippen molar-refractivity contribution in [3.8, 4) is 0 Å². The molecule has 8 heterocycles. The average Bonchev–Trinajstić information content (AvgIpc) is 0.767. The highest BCUT2D eigenvalue weighted by Crippen LogP contribution is 2.51. The van der Waals surface area contributed by atoms with Crippen LogP contribution < -0.4 is 0 Å². The molecule has 0 bridgehead atoms. The van der Waals surface area contributed by atoms with E-state index < -0.39 is 37.7 Å². The average molecular weight is 1490 g/mol. The number of hydrogen-bond acceptors (Lipinski definition) is 15. The summed E-state index contributed by atoms with van der Waals surface area (Å²) in [6.07, 6.45) is 2.06. The van der Waals surface area contributed by atoms with E-state index in [1.165, 1.54) is 0 Å². The SMILES string of the molecule is CC[C@@H](C)C1O[C@H](OC2C(C)[C@@H](O[C@@H]3C(C)[C@@H](OC4C(C)[C@@H](O[C@@H]5C(C)[C@@H](O[C@H](CC)C6O[C@H](OC7[C@@H](OC8[C@@H](C)[C@H](C)C([C@H](C)CC)O[C@@H]8C)OC([C@H](C)CC)[C@@H](C)[C@@H]7C)C(C)[C@@H](C)[C@@H]6C)OC([C@H](C)CC)[C@H]5C)O[C@@H]([C@H](C)CC)[C@H]4C)OC([C@H](C)CC)[C@H]3C)O[C@@H]([C@H](C)CC)[C@H]2C)C(C)[C@@H](C)[C@@H]1C. The zero-order valence-electron chi connectivity index (χ0n) is 73.5. The summed E-state index contributed by atoms with van der Waals surface area (Å²) < 4.78 is 111. The maximum absolute atomic E-state index is 7.75. The first kappa shape index (κ1) is 89.9. The monoisotopic (exact) mass is 1490 g/mol. The van der Waals surface area contributed by atoms with Gasteiger partial charge in [-0.15, -0.1) is 0 Å². The molecular weight excluding hydrogens is 1320 g/mol. The molecule has 0 aromatic rings. The van der Waals surface area contributed by atoms with Crippen LogP contribution in [-0.2, 0) is 71.1 Å². The van der Waals surface area contributed by atoms with Crippen molar-refractivity contribution in [2.24, 2.45) is 148 Å². The quantitative estimate of drug-likeness (QED) is 0.0674. The molecule has 8 saturated heterocycles. The third-order valence-corrected chi connectivity index (χ3v) is 31.3. The van der Waals surface area contributed by atoms with Crippen LogP contribution in [0.1, 0.15) is 287 Å². The first-order chi connectivity index (χ1) is 49.5. The summed E-state index contributed by atoms with van der Waals surface area (Å²) in [5.41, 5.74) is 0. The van der Waals surface area contributed by atoms with Crippen LogP contribution in [0.25, 0.3) is 0 Å². The van der Waals surface area contributed by atoms with Gasteiger partial charge >= 0.3 is 0 Å². The Hall–Kier alpha value is -0.600. The van der Waals surface area contributed by atoms with E-state index in [2.05, 4.69) is 235 Å². The molecule has 8 aliphatic rings. The van der Waals surface area contributed by atoms with E-state index in [4.69, 9.17) is 71.1 Å². The van der Waals surface area contributed by atoms with Gasteiger partial charge < -0.3 is 71.1 Å². The molecule has 0 spiro atoms. The minimum absolute atomic E-state index is 0.0301. The number of hydrogen-bond donors (Lipinski definition) is 0. The predicted octanol–water partition coefficient (Wildman–Crippen LogP) is 20.7. The summed E-state index contributed by atoms with van der Waals surface area (Å²) in [5.74, 6) is 4.72. The van der Waals surface area contributed by atoms with Crippen LogP contribution in [0.5, 0.6) is 0 Å². The van der Waals surface area contributed by atoms with Crippen molar-refractivity contribution in [1.29, 1.82) is 0 Å². The molecule has 8 aliphatic heterocycles. The van der Waals surface area contributed by atoms with Crippen LogP contribution in [0, 0.1) is 148 Å². The van der Waals surface area contributed by atoms with Crippen molar-refractivity contribution in [2.45, 2.75) is 428 Å². The van der Waals surface area contributed by atoms with Crippen LogP contribution >= 0.6 is 0 Å². The Bertz CT molecular complexity index is 2530. The van der Waals surface area contributed by atoms with E-state index in [1.807, 2.05) is 0 Å². The second-order valence-electron chi connectivity index (χ2n) is 37.9. The van der Waals surface area contributed by atoms with Gasteiger partial charge in [0, 0.05) is 59.2 Å². The zero-order valence-corrected chi connectivity index (χ0v) is 73.5. The molecule has 15 nitrogen and oxygen atoms in total. The fourth-order valence-corrected chi connectivity index (χ4v) is 21.0. The van der Waals surface area contributed by atoms with Gasteiger partial charge in [-0.25, -0.2) is 0 Å². The molecule has 15 heteroatoms. The lowest BCUT2D eigenvalue weighted by molar-refractivity contribution is -0.375. The lowest BCUT2D eigenvalue weighted by Gasteiger charge is -2.54. The van der Waals surface area contributed by atoms with Gasteiger partial charge in [0.25, 0.3) is 0 Å². The van der Waals surface area contributed by atoms with Gasteiger partial charge in [-0.1, -0.05) is 273 Å². The fourth-order valence-electron chi connectivity index (χ4n) is 21.0. The van der Waals surface area contributed by atoms with Crippen LogP contribution in [0.3, 0.4) is 0 Å². The van der Waals surface area contributed by atoms with Crippen molar-refractivity contribution in [3.05, 3.63) is 0 Å². The molecular formula is C90H166O15. The molecule has 0 amide bonds. The van der Waals surface area contributed by atoms with Gasteiger partial charge in [-0.05, 0) is 102 Å². The van der Waals surface area contributed by atoms with E-state index >= 15 is 0 Å². The van der Waals surface area contributed by atoms with Crippen molar-refractivity contribution < 1.29 is 71.1 Å². The minimum Gasteiger partial charge on any atom is -0.372 e. The minimum atomic E-state index is -0.588. The summed E-state index contributed by atoms with van der Waals surface area (Å²) in [6, 6.07) is 0. The number of ether oxygens (including phenoxy) is 15. The highest BCUT2D eigenvalue weighted by Gasteiger charge is 2.58. The van der Waals surface area contributed by atoms with E-state index in [0.29, 0.717) is 41.4 Å². The predicted molar refractivity (Wildman–Crippen MR) is 421 cm³/mol. The molecule has 616 valence electrons. The molecule has 105 heavy (non-hydrogen) atoms. The van der Waals surface area contributed by atoms with E-state index in [1.54, 1.807) is 0 Å². The normalized spacial score (nSPS) is 49.8. The third kappa shape index (κ3) is 19.2. The Balaban J connectivity index is 1.04. The maximum Gasteiger partial charge on any atom is 0.184 e. The molecule has 48 atom stereocenters. The smallest absolute Gasteiger partial charge is 0.184 e. The van der Waals surface area contributed by atoms with Crippen molar-refractivity contribution >= 4 is 0 Å². The third-order valence-electron chi connectivity index (χ3n) is 31.3. The van der Waals surface area contributed by atoms with Crippen LogP contribution in [-0.4, -0.2) is 142 Å². The molecule has 0 saturated carbocycles. The van der Waals surface area contributed by atoms with E-state index in [0.717, 1.165) is 51.4 Å². The summed E-state index contributed by atoms with van der Waals surface area (Å²) >= 11 is 0. The first-order valence-electron chi connectivity index (χ1n) is 44.3. The zero-order chi connectivity index (χ0) is 78.0.